The zero-order valence-corrected chi connectivity index (χ0v) is 15.4. The molecule has 2 rings (SSSR count). The highest BCUT2D eigenvalue weighted by molar-refractivity contribution is 9.11. The van der Waals surface area contributed by atoms with Crippen LogP contribution in [0.25, 0.3) is 0 Å². The van der Waals surface area contributed by atoms with Crippen molar-refractivity contribution in [3.8, 4) is 0 Å². The Balaban J connectivity index is 2.20. The van der Waals surface area contributed by atoms with Gasteiger partial charge >= 0.3 is 5.97 Å². The molecule has 21 heavy (non-hydrogen) atoms. The van der Waals surface area contributed by atoms with E-state index in [1.54, 1.807) is 11.8 Å². The zero-order chi connectivity index (χ0) is 15.6. The summed E-state index contributed by atoms with van der Waals surface area (Å²) in [7, 11) is -3.70. The number of carboxylic acids is 1. The molecule has 2 atom stereocenters. The van der Waals surface area contributed by atoms with Crippen molar-refractivity contribution in [1.29, 1.82) is 0 Å². The Morgan fingerprint density at radius 3 is 2.86 bits per heavy atom. The van der Waals surface area contributed by atoms with Crippen LogP contribution in [0.3, 0.4) is 0 Å². The van der Waals surface area contributed by atoms with E-state index in [4.69, 9.17) is 5.11 Å². The molecule has 0 aromatic carbocycles. The van der Waals surface area contributed by atoms with Gasteiger partial charge in [-0.3, -0.25) is 0 Å². The van der Waals surface area contributed by atoms with Gasteiger partial charge in [0.05, 0.1) is 3.79 Å². The highest BCUT2D eigenvalue weighted by Crippen LogP contribution is 2.34. The Bertz CT molecular complexity index is 628. The van der Waals surface area contributed by atoms with Crippen LogP contribution in [-0.4, -0.2) is 36.5 Å². The van der Waals surface area contributed by atoms with Crippen LogP contribution in [0.2, 0.25) is 0 Å². The molecule has 1 aromatic rings. The van der Waals surface area contributed by atoms with Crippen LogP contribution in [0.5, 0.6) is 0 Å². The molecule has 0 bridgehead atoms. The third-order valence-corrected chi connectivity index (χ3v) is 8.35. The summed E-state index contributed by atoms with van der Waals surface area (Å²) in [5.41, 5.74) is 0. The van der Waals surface area contributed by atoms with Gasteiger partial charge in [-0.2, -0.15) is 11.8 Å². The van der Waals surface area contributed by atoms with Crippen molar-refractivity contribution in [2.45, 2.75) is 42.4 Å². The highest BCUT2D eigenvalue weighted by Gasteiger charge is 2.33. The van der Waals surface area contributed by atoms with Gasteiger partial charge in [0.2, 0.25) is 10.0 Å². The Labute approximate surface area is 140 Å². The van der Waals surface area contributed by atoms with Crippen LogP contribution in [0.15, 0.2) is 14.7 Å². The van der Waals surface area contributed by atoms with Gasteiger partial charge in [0.1, 0.15) is 9.77 Å². The minimum Gasteiger partial charge on any atom is -0.477 e. The fraction of sp³-hybridized carbons (Fsp3) is 0.583. The van der Waals surface area contributed by atoms with Crippen LogP contribution >= 0.6 is 39.0 Å². The molecular weight excluding hydrogens is 398 g/mol. The Hall–Kier alpha value is -0.0900. The molecule has 0 spiro atoms. The second-order valence-electron chi connectivity index (χ2n) is 4.71. The van der Waals surface area contributed by atoms with Gasteiger partial charge in [-0.15, -0.1) is 11.3 Å². The second-order valence-corrected chi connectivity index (χ2v) is 10.3. The number of hydrogen-bond acceptors (Lipinski definition) is 5. The molecule has 118 valence electrons. The summed E-state index contributed by atoms with van der Waals surface area (Å²) in [5.74, 6) is -0.170. The molecule has 0 saturated heterocycles. The molecule has 1 aromatic heterocycles. The number of thioether (sulfide) groups is 1. The predicted molar refractivity (Wildman–Crippen MR) is 88.9 cm³/mol. The second kappa shape index (κ2) is 6.99. The standard InChI is InChI=1S/C12H16BrNO4S3/c1-2-19-8-5-3-4-7(8)14-21(17,18)10-6-9(12(15)16)20-11(10)13/h6-8,14H,2-5H2,1H3,(H,15,16). The number of halogens is 1. The summed E-state index contributed by atoms with van der Waals surface area (Å²) in [6.45, 7) is 2.06. The highest BCUT2D eigenvalue weighted by atomic mass is 79.9. The Kier molecular flexibility index (Phi) is 5.75. The van der Waals surface area contributed by atoms with Crippen LogP contribution in [-0.2, 0) is 10.0 Å². The molecule has 1 aliphatic carbocycles. The molecule has 2 unspecified atom stereocenters. The van der Waals surface area contributed by atoms with E-state index in [-0.39, 0.29) is 15.8 Å². The summed E-state index contributed by atoms with van der Waals surface area (Å²) in [4.78, 5) is 11.0. The zero-order valence-electron chi connectivity index (χ0n) is 11.3. The Morgan fingerprint density at radius 1 is 1.57 bits per heavy atom. The van der Waals surface area contributed by atoms with Gasteiger partial charge in [-0.25, -0.2) is 17.9 Å². The van der Waals surface area contributed by atoms with E-state index < -0.39 is 16.0 Å². The van der Waals surface area contributed by atoms with Gasteiger partial charge < -0.3 is 5.11 Å². The maximum absolute atomic E-state index is 12.5. The lowest BCUT2D eigenvalue weighted by Gasteiger charge is -2.19. The SMILES string of the molecule is CCSC1CCCC1NS(=O)(=O)c1cc(C(=O)O)sc1Br. The third kappa shape index (κ3) is 4.01. The first-order valence-electron chi connectivity index (χ1n) is 6.51. The largest absolute Gasteiger partial charge is 0.477 e. The minimum absolute atomic E-state index is 0.00755. The number of thiophene rings is 1. The average molecular weight is 414 g/mol. The van der Waals surface area contributed by atoms with Crippen LogP contribution in [0.4, 0.5) is 0 Å². The minimum atomic E-state index is -3.70. The number of rotatable bonds is 6. The van der Waals surface area contributed by atoms with Gasteiger partial charge in [-0.05, 0) is 40.6 Å². The molecule has 1 saturated carbocycles. The first kappa shape index (κ1) is 17.3. The number of hydrogen-bond donors (Lipinski definition) is 2. The fourth-order valence-electron chi connectivity index (χ4n) is 2.38. The number of aromatic carboxylic acids is 1. The van der Waals surface area contributed by atoms with Crippen LogP contribution in [0.1, 0.15) is 35.9 Å². The maximum Gasteiger partial charge on any atom is 0.345 e. The lowest BCUT2D eigenvalue weighted by Crippen LogP contribution is -2.38. The van der Waals surface area contributed by atoms with E-state index in [1.807, 2.05) is 0 Å². The lowest BCUT2D eigenvalue weighted by molar-refractivity contribution is 0.0702. The molecule has 0 amide bonds. The molecule has 1 aliphatic rings. The number of carboxylic acid groups (broad SMARTS) is 1. The van der Waals surface area contributed by atoms with Crippen molar-refractivity contribution in [1.82, 2.24) is 4.72 Å². The number of carbonyl (C=O) groups is 1. The van der Waals surface area contributed by atoms with Gasteiger partial charge in [-0.1, -0.05) is 13.3 Å². The predicted octanol–water partition coefficient (Wildman–Crippen LogP) is 3.16. The fourth-order valence-corrected chi connectivity index (χ4v) is 7.38. The third-order valence-electron chi connectivity index (χ3n) is 3.30. The van der Waals surface area contributed by atoms with Crippen molar-refractivity contribution >= 4 is 55.0 Å². The summed E-state index contributed by atoms with van der Waals surface area (Å²) in [6, 6.07) is 1.12. The van der Waals surface area contributed by atoms with Crippen LogP contribution in [0, 0.1) is 0 Å². The molecular formula is C12H16BrNO4S3. The van der Waals surface area contributed by atoms with Crippen molar-refractivity contribution in [3.05, 3.63) is 14.7 Å². The van der Waals surface area contributed by atoms with E-state index in [1.165, 1.54) is 6.07 Å². The van der Waals surface area contributed by atoms with Crippen molar-refractivity contribution < 1.29 is 18.3 Å². The summed E-state index contributed by atoms with van der Waals surface area (Å²) >= 11 is 5.83. The molecule has 2 N–H and O–H groups in total. The quantitative estimate of drug-likeness (QED) is 0.747. The first-order chi connectivity index (χ1) is 9.85. The molecule has 1 heterocycles. The van der Waals surface area contributed by atoms with Crippen molar-refractivity contribution in [3.63, 3.8) is 0 Å². The van der Waals surface area contributed by atoms with E-state index in [2.05, 4.69) is 27.6 Å². The lowest BCUT2D eigenvalue weighted by atomic mass is 10.3. The molecule has 9 heteroatoms. The smallest absolute Gasteiger partial charge is 0.345 e. The van der Waals surface area contributed by atoms with Gasteiger partial charge in [0.15, 0.2) is 0 Å². The molecule has 5 nitrogen and oxygen atoms in total. The van der Waals surface area contributed by atoms with Crippen molar-refractivity contribution in [2.24, 2.45) is 0 Å². The topological polar surface area (TPSA) is 83.5 Å². The summed E-state index contributed by atoms with van der Waals surface area (Å²) in [5, 5.41) is 9.25. The molecule has 0 radical (unpaired) electrons. The molecule has 1 fully saturated rings. The average Bonchev–Trinajstić information content (AvgIpc) is 2.97. The Morgan fingerprint density at radius 2 is 2.29 bits per heavy atom. The van der Waals surface area contributed by atoms with E-state index in [0.29, 0.717) is 9.04 Å². The van der Waals surface area contributed by atoms with Gasteiger partial charge in [0.25, 0.3) is 0 Å². The monoisotopic (exact) mass is 413 g/mol. The van der Waals surface area contributed by atoms with Gasteiger partial charge in [0, 0.05) is 11.3 Å². The number of sulfonamides is 1. The van der Waals surface area contributed by atoms with Crippen LogP contribution < -0.4 is 4.72 Å². The van der Waals surface area contributed by atoms with E-state index >= 15 is 0 Å². The van der Waals surface area contributed by atoms with E-state index in [0.717, 1.165) is 36.4 Å². The summed E-state index contributed by atoms with van der Waals surface area (Å²) < 4.78 is 28.0. The van der Waals surface area contributed by atoms with Crippen molar-refractivity contribution in [2.75, 3.05) is 5.75 Å². The first-order valence-corrected chi connectivity index (χ1v) is 10.7. The maximum atomic E-state index is 12.5. The summed E-state index contributed by atoms with van der Waals surface area (Å²) in [6.07, 6.45) is 2.84. The normalized spacial score (nSPS) is 22.6. The number of nitrogens with one attached hydrogen (secondary N) is 1. The van der Waals surface area contributed by atoms with E-state index in [9.17, 15) is 13.2 Å². The molecule has 0 aliphatic heterocycles.